The molecular formula is C19H21N2O+. The van der Waals surface area contributed by atoms with Crippen LogP contribution < -0.4 is 9.64 Å². The zero-order valence-corrected chi connectivity index (χ0v) is 12.9. The maximum absolute atomic E-state index is 5.23. The fourth-order valence-corrected chi connectivity index (χ4v) is 3.52. The first-order chi connectivity index (χ1) is 10.8. The molecule has 3 nitrogen and oxygen atoms in total. The smallest absolute Gasteiger partial charge is 0.118 e. The van der Waals surface area contributed by atoms with Crippen molar-refractivity contribution in [2.24, 2.45) is 0 Å². The third-order valence-corrected chi connectivity index (χ3v) is 4.67. The lowest BCUT2D eigenvalue weighted by Crippen LogP contribution is -3.10. The fourth-order valence-electron chi connectivity index (χ4n) is 3.52. The van der Waals surface area contributed by atoms with Crippen LogP contribution in [0.1, 0.15) is 16.8 Å². The third kappa shape index (κ3) is 2.38. The Labute approximate surface area is 130 Å². The zero-order chi connectivity index (χ0) is 14.9. The Morgan fingerprint density at radius 1 is 1.09 bits per heavy atom. The lowest BCUT2D eigenvalue weighted by molar-refractivity contribution is -0.929. The molecule has 1 atom stereocenters. The summed E-state index contributed by atoms with van der Waals surface area (Å²) in [6, 6.07) is 17.1. The maximum Gasteiger partial charge on any atom is 0.118 e. The van der Waals surface area contributed by atoms with E-state index in [2.05, 4.69) is 41.4 Å². The van der Waals surface area contributed by atoms with Crippen molar-refractivity contribution in [2.75, 3.05) is 13.7 Å². The minimum absolute atomic E-state index is 0.926. The summed E-state index contributed by atoms with van der Waals surface area (Å²) in [6.45, 7) is 3.34. The molecule has 0 radical (unpaired) electrons. The highest BCUT2D eigenvalue weighted by Gasteiger charge is 2.23. The number of H-pyrrole nitrogens is 1. The topological polar surface area (TPSA) is 29.5 Å². The van der Waals surface area contributed by atoms with Crippen molar-refractivity contribution < 1.29 is 9.64 Å². The number of rotatable bonds is 3. The van der Waals surface area contributed by atoms with Crippen LogP contribution in [-0.4, -0.2) is 18.6 Å². The van der Waals surface area contributed by atoms with Crippen molar-refractivity contribution in [3.8, 4) is 5.75 Å². The lowest BCUT2D eigenvalue weighted by atomic mass is 10.0. The standard InChI is InChI=1S/C19H20N2O/c1-22-15-8-6-14(7-9-15)12-21-11-10-17-16-4-2-3-5-18(16)20-19(17)13-21/h2-9,20H,10-13H2,1H3/p+1. The van der Waals surface area contributed by atoms with E-state index in [1.165, 1.54) is 34.3 Å². The summed E-state index contributed by atoms with van der Waals surface area (Å²) in [5, 5.41) is 1.40. The molecular weight excluding hydrogens is 272 g/mol. The minimum Gasteiger partial charge on any atom is -0.497 e. The van der Waals surface area contributed by atoms with Gasteiger partial charge in [-0.25, -0.2) is 0 Å². The van der Waals surface area contributed by atoms with Crippen molar-refractivity contribution >= 4 is 10.9 Å². The van der Waals surface area contributed by atoms with Gasteiger partial charge in [0.05, 0.1) is 19.3 Å². The molecule has 3 aromatic rings. The monoisotopic (exact) mass is 293 g/mol. The van der Waals surface area contributed by atoms with E-state index in [1.807, 2.05) is 12.1 Å². The Bertz CT molecular complexity index is 789. The Morgan fingerprint density at radius 2 is 1.91 bits per heavy atom. The molecule has 2 aromatic carbocycles. The molecule has 0 fully saturated rings. The van der Waals surface area contributed by atoms with Crippen molar-refractivity contribution in [2.45, 2.75) is 19.5 Å². The van der Waals surface area contributed by atoms with Gasteiger partial charge < -0.3 is 14.6 Å². The van der Waals surface area contributed by atoms with Crippen LogP contribution >= 0.6 is 0 Å². The van der Waals surface area contributed by atoms with Gasteiger partial charge in [0.1, 0.15) is 18.8 Å². The van der Waals surface area contributed by atoms with Gasteiger partial charge in [0.2, 0.25) is 0 Å². The second-order valence-electron chi connectivity index (χ2n) is 6.08. The Kier molecular flexibility index (Phi) is 3.35. The largest absolute Gasteiger partial charge is 0.497 e. The number of methoxy groups -OCH3 is 1. The first kappa shape index (κ1) is 13.4. The van der Waals surface area contributed by atoms with Crippen molar-refractivity contribution in [3.63, 3.8) is 0 Å². The summed E-state index contributed by atoms with van der Waals surface area (Å²) < 4.78 is 5.23. The fraction of sp³-hybridized carbons (Fsp3) is 0.263. The SMILES string of the molecule is COc1ccc(C[NH+]2CCc3c([nH]c4ccccc34)C2)cc1. The number of ether oxygens (including phenoxy) is 1. The van der Waals surface area contributed by atoms with Crippen LogP contribution in [-0.2, 0) is 19.5 Å². The van der Waals surface area contributed by atoms with Crippen molar-refractivity contribution in [3.05, 3.63) is 65.4 Å². The molecule has 0 bridgehead atoms. The lowest BCUT2D eigenvalue weighted by Gasteiger charge is -2.24. The Balaban J connectivity index is 1.53. The summed E-state index contributed by atoms with van der Waals surface area (Å²) in [6.07, 6.45) is 1.16. The van der Waals surface area contributed by atoms with Gasteiger partial charge in [-0.1, -0.05) is 18.2 Å². The molecule has 2 N–H and O–H groups in total. The van der Waals surface area contributed by atoms with Crippen LogP contribution in [0.3, 0.4) is 0 Å². The number of nitrogens with one attached hydrogen (secondary N) is 2. The summed E-state index contributed by atoms with van der Waals surface area (Å²) >= 11 is 0. The number of aromatic amines is 1. The third-order valence-electron chi connectivity index (χ3n) is 4.67. The number of quaternary nitrogens is 1. The number of para-hydroxylation sites is 1. The first-order valence-electron chi connectivity index (χ1n) is 7.88. The average molecular weight is 293 g/mol. The average Bonchev–Trinajstić information content (AvgIpc) is 2.93. The highest BCUT2D eigenvalue weighted by atomic mass is 16.5. The molecule has 1 aliphatic rings. The van der Waals surface area contributed by atoms with E-state index in [1.54, 1.807) is 12.0 Å². The van der Waals surface area contributed by atoms with Crippen LogP contribution in [0.2, 0.25) is 0 Å². The van der Waals surface area contributed by atoms with Gasteiger partial charge in [-0.2, -0.15) is 0 Å². The highest BCUT2D eigenvalue weighted by Crippen LogP contribution is 2.23. The number of hydrogen-bond donors (Lipinski definition) is 2. The molecule has 22 heavy (non-hydrogen) atoms. The quantitative estimate of drug-likeness (QED) is 0.762. The highest BCUT2D eigenvalue weighted by molar-refractivity contribution is 5.84. The second-order valence-corrected chi connectivity index (χ2v) is 6.08. The van der Waals surface area contributed by atoms with Crippen LogP contribution in [0.15, 0.2) is 48.5 Å². The zero-order valence-electron chi connectivity index (χ0n) is 12.9. The Hall–Kier alpha value is -2.26. The summed E-state index contributed by atoms with van der Waals surface area (Å²) in [5.74, 6) is 0.926. The Morgan fingerprint density at radius 3 is 2.73 bits per heavy atom. The van der Waals surface area contributed by atoms with E-state index in [-0.39, 0.29) is 0 Å². The van der Waals surface area contributed by atoms with E-state index in [4.69, 9.17) is 4.74 Å². The molecule has 0 aliphatic carbocycles. The van der Waals surface area contributed by atoms with E-state index in [0.29, 0.717) is 0 Å². The molecule has 112 valence electrons. The number of benzene rings is 2. The normalized spacial score (nSPS) is 17.4. The molecule has 0 amide bonds. The van der Waals surface area contributed by atoms with E-state index < -0.39 is 0 Å². The minimum atomic E-state index is 0.926. The van der Waals surface area contributed by atoms with Crippen LogP contribution in [0.5, 0.6) is 5.75 Å². The number of fused-ring (bicyclic) bond motifs is 3. The summed E-state index contributed by atoms with van der Waals surface area (Å²) in [5.41, 5.74) is 5.58. The molecule has 1 aromatic heterocycles. The van der Waals surface area contributed by atoms with E-state index >= 15 is 0 Å². The molecule has 2 heterocycles. The van der Waals surface area contributed by atoms with E-state index in [9.17, 15) is 0 Å². The van der Waals surface area contributed by atoms with Gasteiger partial charge in [0.15, 0.2) is 0 Å². The van der Waals surface area contributed by atoms with Gasteiger partial charge in [-0.05, 0) is 35.9 Å². The van der Waals surface area contributed by atoms with Gasteiger partial charge in [-0.3, -0.25) is 0 Å². The molecule has 0 spiro atoms. The number of aromatic nitrogens is 1. The first-order valence-corrected chi connectivity index (χ1v) is 7.88. The summed E-state index contributed by atoms with van der Waals surface area (Å²) in [7, 11) is 1.71. The second kappa shape index (κ2) is 5.50. The molecule has 4 rings (SSSR count). The maximum atomic E-state index is 5.23. The van der Waals surface area contributed by atoms with Gasteiger partial charge in [0, 0.05) is 22.9 Å². The van der Waals surface area contributed by atoms with Crippen LogP contribution in [0.4, 0.5) is 0 Å². The van der Waals surface area contributed by atoms with Gasteiger partial charge >= 0.3 is 0 Å². The van der Waals surface area contributed by atoms with Gasteiger partial charge in [0.25, 0.3) is 0 Å². The van der Waals surface area contributed by atoms with Crippen molar-refractivity contribution in [1.82, 2.24) is 4.98 Å². The predicted molar refractivity (Wildman–Crippen MR) is 88.2 cm³/mol. The van der Waals surface area contributed by atoms with Crippen molar-refractivity contribution in [1.29, 1.82) is 0 Å². The molecule has 1 aliphatic heterocycles. The summed E-state index contributed by atoms with van der Waals surface area (Å²) in [4.78, 5) is 5.22. The molecule has 1 unspecified atom stereocenters. The molecule has 3 heteroatoms. The number of hydrogen-bond acceptors (Lipinski definition) is 1. The van der Waals surface area contributed by atoms with Crippen LogP contribution in [0.25, 0.3) is 10.9 Å². The predicted octanol–water partition coefficient (Wildman–Crippen LogP) is 2.32. The van der Waals surface area contributed by atoms with Gasteiger partial charge in [-0.15, -0.1) is 0 Å². The molecule has 0 saturated carbocycles. The van der Waals surface area contributed by atoms with E-state index in [0.717, 1.165) is 25.3 Å². The molecule has 0 saturated heterocycles. The van der Waals surface area contributed by atoms with Crippen LogP contribution in [0, 0.1) is 0 Å².